The smallest absolute Gasteiger partial charge is 0.156 e. The topological polar surface area (TPSA) is 47.0 Å². The lowest BCUT2D eigenvalue weighted by atomic mass is 10.4. The standard InChI is InChI=1S/C12H21N3O/c1-4-6-7-16-9-12-14-10(3)8-11(15-12)13-5-2/h8H,4-7,9H2,1-3H3,(H,13,14,15). The summed E-state index contributed by atoms with van der Waals surface area (Å²) in [7, 11) is 0. The van der Waals surface area contributed by atoms with Crippen molar-refractivity contribution in [1.82, 2.24) is 9.97 Å². The van der Waals surface area contributed by atoms with Crippen LogP contribution in [0.5, 0.6) is 0 Å². The van der Waals surface area contributed by atoms with Crippen molar-refractivity contribution in [2.75, 3.05) is 18.5 Å². The van der Waals surface area contributed by atoms with Gasteiger partial charge in [-0.2, -0.15) is 0 Å². The number of rotatable bonds is 7. The third kappa shape index (κ3) is 4.57. The van der Waals surface area contributed by atoms with Gasteiger partial charge < -0.3 is 10.1 Å². The second kappa shape index (κ2) is 7.17. The van der Waals surface area contributed by atoms with Gasteiger partial charge in [-0.3, -0.25) is 0 Å². The normalized spacial score (nSPS) is 10.4. The molecule has 0 aliphatic heterocycles. The Balaban J connectivity index is 2.51. The molecule has 1 N–H and O–H groups in total. The molecule has 0 aromatic carbocycles. The van der Waals surface area contributed by atoms with Crippen molar-refractivity contribution in [2.24, 2.45) is 0 Å². The number of ether oxygens (including phenoxy) is 1. The zero-order chi connectivity index (χ0) is 11.8. The Kier molecular flexibility index (Phi) is 5.78. The number of nitrogens with one attached hydrogen (secondary N) is 1. The highest BCUT2D eigenvalue weighted by Gasteiger charge is 2.01. The van der Waals surface area contributed by atoms with Crippen LogP contribution in [-0.4, -0.2) is 23.1 Å². The van der Waals surface area contributed by atoms with Crippen molar-refractivity contribution in [2.45, 2.75) is 40.2 Å². The van der Waals surface area contributed by atoms with Crippen LogP contribution < -0.4 is 5.32 Å². The van der Waals surface area contributed by atoms with Gasteiger partial charge in [0.05, 0.1) is 0 Å². The Bertz CT molecular complexity index is 315. The van der Waals surface area contributed by atoms with Gasteiger partial charge in [0.25, 0.3) is 0 Å². The Labute approximate surface area is 97.5 Å². The molecular formula is C12H21N3O. The van der Waals surface area contributed by atoms with Gasteiger partial charge in [0, 0.05) is 24.9 Å². The zero-order valence-corrected chi connectivity index (χ0v) is 10.4. The molecule has 4 heteroatoms. The number of hydrogen-bond acceptors (Lipinski definition) is 4. The largest absolute Gasteiger partial charge is 0.373 e. The second-order valence-corrected chi connectivity index (χ2v) is 3.75. The third-order valence-electron chi connectivity index (χ3n) is 2.13. The fourth-order valence-corrected chi connectivity index (χ4v) is 1.38. The van der Waals surface area contributed by atoms with E-state index < -0.39 is 0 Å². The van der Waals surface area contributed by atoms with E-state index in [1.54, 1.807) is 0 Å². The van der Waals surface area contributed by atoms with E-state index >= 15 is 0 Å². The molecule has 0 bridgehead atoms. The zero-order valence-electron chi connectivity index (χ0n) is 10.4. The summed E-state index contributed by atoms with van der Waals surface area (Å²) >= 11 is 0. The summed E-state index contributed by atoms with van der Waals surface area (Å²) in [6.07, 6.45) is 2.24. The molecule has 0 spiro atoms. The maximum absolute atomic E-state index is 5.50. The summed E-state index contributed by atoms with van der Waals surface area (Å²) in [5, 5.41) is 3.18. The molecule has 0 amide bonds. The van der Waals surface area contributed by atoms with Crippen molar-refractivity contribution >= 4 is 5.82 Å². The molecule has 0 saturated carbocycles. The number of aromatic nitrogens is 2. The van der Waals surface area contributed by atoms with E-state index in [-0.39, 0.29) is 0 Å². The van der Waals surface area contributed by atoms with Crippen LogP contribution in [0.1, 0.15) is 38.2 Å². The fourth-order valence-electron chi connectivity index (χ4n) is 1.38. The summed E-state index contributed by atoms with van der Waals surface area (Å²) in [6.45, 7) is 8.32. The molecule has 0 atom stereocenters. The molecule has 1 aromatic heterocycles. The molecular weight excluding hydrogens is 202 g/mol. The van der Waals surface area contributed by atoms with Gasteiger partial charge in [0.15, 0.2) is 5.82 Å². The lowest BCUT2D eigenvalue weighted by molar-refractivity contribution is 0.112. The molecule has 16 heavy (non-hydrogen) atoms. The van der Waals surface area contributed by atoms with Crippen LogP contribution in [0.15, 0.2) is 6.07 Å². The third-order valence-corrected chi connectivity index (χ3v) is 2.13. The number of hydrogen-bond donors (Lipinski definition) is 1. The van der Waals surface area contributed by atoms with Crippen molar-refractivity contribution in [1.29, 1.82) is 0 Å². The number of nitrogens with zero attached hydrogens (tertiary/aromatic N) is 2. The van der Waals surface area contributed by atoms with E-state index in [2.05, 4.69) is 29.1 Å². The highest BCUT2D eigenvalue weighted by atomic mass is 16.5. The Morgan fingerprint density at radius 1 is 1.31 bits per heavy atom. The van der Waals surface area contributed by atoms with Crippen molar-refractivity contribution in [3.63, 3.8) is 0 Å². The van der Waals surface area contributed by atoms with E-state index in [4.69, 9.17) is 4.74 Å². The van der Waals surface area contributed by atoms with Crippen LogP contribution in [0, 0.1) is 6.92 Å². The van der Waals surface area contributed by atoms with Gasteiger partial charge in [0.2, 0.25) is 0 Å². The summed E-state index contributed by atoms with van der Waals surface area (Å²) in [6, 6.07) is 1.94. The van der Waals surface area contributed by atoms with Gasteiger partial charge in [-0.1, -0.05) is 13.3 Å². The van der Waals surface area contributed by atoms with Gasteiger partial charge in [-0.05, 0) is 20.3 Å². The fraction of sp³-hybridized carbons (Fsp3) is 0.667. The maximum atomic E-state index is 5.50. The monoisotopic (exact) mass is 223 g/mol. The van der Waals surface area contributed by atoms with Gasteiger partial charge in [-0.25, -0.2) is 9.97 Å². The first-order valence-electron chi connectivity index (χ1n) is 5.92. The predicted octanol–water partition coefficient (Wildman–Crippen LogP) is 2.53. The molecule has 4 nitrogen and oxygen atoms in total. The molecule has 0 aliphatic carbocycles. The molecule has 1 aromatic rings. The Morgan fingerprint density at radius 2 is 2.12 bits per heavy atom. The minimum atomic E-state index is 0.500. The quantitative estimate of drug-likeness (QED) is 0.722. The number of anilines is 1. The van der Waals surface area contributed by atoms with E-state index in [1.807, 2.05) is 13.0 Å². The van der Waals surface area contributed by atoms with Gasteiger partial charge >= 0.3 is 0 Å². The van der Waals surface area contributed by atoms with Gasteiger partial charge in [0.1, 0.15) is 12.4 Å². The van der Waals surface area contributed by atoms with Crippen LogP contribution in [-0.2, 0) is 11.3 Å². The van der Waals surface area contributed by atoms with Crippen LogP contribution in [0.25, 0.3) is 0 Å². The summed E-state index contributed by atoms with van der Waals surface area (Å²) < 4.78 is 5.50. The molecule has 0 unspecified atom stereocenters. The number of aryl methyl sites for hydroxylation is 1. The molecule has 1 rings (SSSR count). The molecule has 0 aliphatic rings. The first-order valence-corrected chi connectivity index (χ1v) is 5.92. The van der Waals surface area contributed by atoms with Crippen LogP contribution in [0.3, 0.4) is 0 Å². The summed E-state index contributed by atoms with van der Waals surface area (Å²) in [5.41, 5.74) is 0.972. The van der Waals surface area contributed by atoms with Crippen LogP contribution >= 0.6 is 0 Å². The first-order chi connectivity index (χ1) is 7.76. The highest BCUT2D eigenvalue weighted by Crippen LogP contribution is 2.06. The second-order valence-electron chi connectivity index (χ2n) is 3.75. The lowest BCUT2D eigenvalue weighted by Gasteiger charge is -2.07. The van der Waals surface area contributed by atoms with Gasteiger partial charge in [-0.15, -0.1) is 0 Å². The highest BCUT2D eigenvalue weighted by molar-refractivity contribution is 5.35. The van der Waals surface area contributed by atoms with E-state index in [0.29, 0.717) is 6.61 Å². The number of unbranched alkanes of at least 4 members (excludes halogenated alkanes) is 1. The minimum absolute atomic E-state index is 0.500. The van der Waals surface area contributed by atoms with Crippen molar-refractivity contribution < 1.29 is 4.74 Å². The van der Waals surface area contributed by atoms with Crippen LogP contribution in [0.4, 0.5) is 5.82 Å². The molecule has 0 fully saturated rings. The molecule has 90 valence electrons. The van der Waals surface area contributed by atoms with Crippen molar-refractivity contribution in [3.05, 3.63) is 17.6 Å². The van der Waals surface area contributed by atoms with E-state index in [1.165, 1.54) is 0 Å². The minimum Gasteiger partial charge on any atom is -0.373 e. The lowest BCUT2D eigenvalue weighted by Crippen LogP contribution is -2.06. The predicted molar refractivity (Wildman–Crippen MR) is 65.5 cm³/mol. The summed E-state index contributed by atoms with van der Waals surface area (Å²) in [5.74, 6) is 1.64. The van der Waals surface area contributed by atoms with E-state index in [0.717, 1.165) is 43.3 Å². The summed E-state index contributed by atoms with van der Waals surface area (Å²) in [4.78, 5) is 8.71. The Morgan fingerprint density at radius 3 is 2.81 bits per heavy atom. The Hall–Kier alpha value is -1.16. The SMILES string of the molecule is CCCCOCc1nc(C)cc(NCC)n1. The maximum Gasteiger partial charge on any atom is 0.156 e. The average molecular weight is 223 g/mol. The molecule has 0 radical (unpaired) electrons. The molecule has 0 saturated heterocycles. The van der Waals surface area contributed by atoms with Crippen molar-refractivity contribution in [3.8, 4) is 0 Å². The van der Waals surface area contributed by atoms with E-state index in [9.17, 15) is 0 Å². The first kappa shape index (κ1) is 12.9. The molecule has 1 heterocycles. The van der Waals surface area contributed by atoms with Crippen LogP contribution in [0.2, 0.25) is 0 Å². The average Bonchev–Trinajstić information content (AvgIpc) is 2.24.